The number of benzene rings is 2. The van der Waals surface area contributed by atoms with Gasteiger partial charge in [0, 0.05) is 23.4 Å². The Hall–Kier alpha value is -3.07. The molecule has 0 amide bonds. The minimum absolute atomic E-state index is 0.0234. The standard InChI is InChI=1S/C20H16F3N3/c1-14(26-19-17-7-2-3-8-18(17)24-13-25-19)5-4-6-15-9-11-16(12-10-15)20(21,22)23/h2-3,7-14H,5H2,1H3,(H,24,25,26). The van der Waals surface area contributed by atoms with Crippen molar-refractivity contribution < 1.29 is 13.2 Å². The molecule has 6 heteroatoms. The number of anilines is 1. The molecule has 1 atom stereocenters. The summed E-state index contributed by atoms with van der Waals surface area (Å²) >= 11 is 0. The summed E-state index contributed by atoms with van der Waals surface area (Å²) in [6.45, 7) is 1.97. The molecule has 1 aromatic heterocycles. The molecule has 0 radical (unpaired) electrons. The third-order valence-electron chi connectivity index (χ3n) is 3.78. The van der Waals surface area contributed by atoms with Crippen molar-refractivity contribution in [1.82, 2.24) is 9.97 Å². The first-order valence-corrected chi connectivity index (χ1v) is 8.06. The van der Waals surface area contributed by atoms with Crippen molar-refractivity contribution in [1.29, 1.82) is 0 Å². The van der Waals surface area contributed by atoms with E-state index in [9.17, 15) is 13.2 Å². The second-order valence-corrected chi connectivity index (χ2v) is 5.87. The van der Waals surface area contributed by atoms with Gasteiger partial charge in [0.1, 0.15) is 12.1 Å². The van der Waals surface area contributed by atoms with Gasteiger partial charge >= 0.3 is 6.18 Å². The molecule has 3 aromatic rings. The number of nitrogens with zero attached hydrogens (tertiary/aromatic N) is 2. The van der Waals surface area contributed by atoms with Crippen LogP contribution in [0.1, 0.15) is 24.5 Å². The lowest BCUT2D eigenvalue weighted by Crippen LogP contribution is -2.15. The van der Waals surface area contributed by atoms with Gasteiger partial charge in [-0.3, -0.25) is 0 Å². The molecule has 0 saturated carbocycles. The van der Waals surface area contributed by atoms with Gasteiger partial charge in [-0.2, -0.15) is 13.2 Å². The van der Waals surface area contributed by atoms with E-state index in [1.54, 1.807) is 0 Å². The van der Waals surface area contributed by atoms with E-state index in [1.165, 1.54) is 18.5 Å². The quantitative estimate of drug-likeness (QED) is 0.680. The van der Waals surface area contributed by atoms with Crippen molar-refractivity contribution in [3.63, 3.8) is 0 Å². The van der Waals surface area contributed by atoms with Crippen LogP contribution >= 0.6 is 0 Å². The molecular weight excluding hydrogens is 339 g/mol. The van der Waals surface area contributed by atoms with E-state index in [0.717, 1.165) is 28.9 Å². The molecule has 132 valence electrons. The lowest BCUT2D eigenvalue weighted by Gasteiger charge is -2.13. The van der Waals surface area contributed by atoms with E-state index >= 15 is 0 Å². The average Bonchev–Trinajstić information content (AvgIpc) is 2.62. The zero-order chi connectivity index (χ0) is 18.6. The van der Waals surface area contributed by atoms with Crippen molar-refractivity contribution in [3.8, 4) is 11.8 Å². The Balaban J connectivity index is 1.64. The van der Waals surface area contributed by atoms with Crippen LogP contribution in [0.25, 0.3) is 10.9 Å². The predicted octanol–water partition coefficient (Wildman–Crippen LogP) is 4.89. The smallest absolute Gasteiger partial charge is 0.366 e. The van der Waals surface area contributed by atoms with Crippen molar-refractivity contribution in [3.05, 3.63) is 66.0 Å². The van der Waals surface area contributed by atoms with E-state index in [1.807, 2.05) is 31.2 Å². The summed E-state index contributed by atoms with van der Waals surface area (Å²) in [5.41, 5.74) is 0.736. The Morgan fingerprint density at radius 3 is 2.50 bits per heavy atom. The first-order chi connectivity index (χ1) is 12.4. The van der Waals surface area contributed by atoms with Crippen LogP contribution in [0.4, 0.5) is 19.0 Å². The molecular formula is C20H16F3N3. The Kier molecular flexibility index (Phi) is 5.08. The minimum Gasteiger partial charge on any atom is -0.366 e. The van der Waals surface area contributed by atoms with E-state index in [4.69, 9.17) is 0 Å². The first-order valence-electron chi connectivity index (χ1n) is 8.06. The molecule has 2 aromatic carbocycles. The largest absolute Gasteiger partial charge is 0.416 e. The highest BCUT2D eigenvalue weighted by molar-refractivity contribution is 5.88. The van der Waals surface area contributed by atoms with E-state index in [-0.39, 0.29) is 6.04 Å². The van der Waals surface area contributed by atoms with Gasteiger partial charge in [-0.25, -0.2) is 9.97 Å². The average molecular weight is 355 g/mol. The molecule has 0 saturated heterocycles. The van der Waals surface area contributed by atoms with E-state index in [2.05, 4.69) is 27.1 Å². The van der Waals surface area contributed by atoms with Crippen LogP contribution in [0.3, 0.4) is 0 Å². The molecule has 0 bridgehead atoms. The van der Waals surface area contributed by atoms with Gasteiger partial charge in [0.2, 0.25) is 0 Å². The second kappa shape index (κ2) is 7.44. The number of hydrogen-bond acceptors (Lipinski definition) is 3. The van der Waals surface area contributed by atoms with Gasteiger partial charge in [0.05, 0.1) is 11.1 Å². The van der Waals surface area contributed by atoms with Gasteiger partial charge < -0.3 is 5.32 Å². The molecule has 0 aliphatic carbocycles. The third-order valence-corrected chi connectivity index (χ3v) is 3.78. The summed E-state index contributed by atoms with van der Waals surface area (Å²) in [5.74, 6) is 6.61. The lowest BCUT2D eigenvalue weighted by atomic mass is 10.1. The summed E-state index contributed by atoms with van der Waals surface area (Å²) in [5, 5.41) is 4.23. The molecule has 26 heavy (non-hydrogen) atoms. The number of rotatable bonds is 3. The van der Waals surface area contributed by atoms with Crippen LogP contribution in [0.2, 0.25) is 0 Å². The summed E-state index contributed by atoms with van der Waals surface area (Å²) in [7, 11) is 0. The normalized spacial score (nSPS) is 12.3. The number of aromatic nitrogens is 2. The zero-order valence-electron chi connectivity index (χ0n) is 14.0. The maximum Gasteiger partial charge on any atom is 0.416 e. The molecule has 0 aliphatic rings. The van der Waals surface area contributed by atoms with Crippen LogP contribution in [0.5, 0.6) is 0 Å². The summed E-state index contributed by atoms with van der Waals surface area (Å²) in [6, 6.07) is 12.6. The van der Waals surface area contributed by atoms with Crippen LogP contribution in [-0.4, -0.2) is 16.0 Å². The molecule has 1 heterocycles. The Bertz CT molecular complexity index is 948. The summed E-state index contributed by atoms with van der Waals surface area (Å²) in [4.78, 5) is 8.48. The molecule has 0 fully saturated rings. The minimum atomic E-state index is -4.33. The molecule has 3 rings (SSSR count). The molecule has 3 nitrogen and oxygen atoms in total. The van der Waals surface area contributed by atoms with Gasteiger partial charge in [0.25, 0.3) is 0 Å². The fourth-order valence-electron chi connectivity index (χ4n) is 2.45. The molecule has 0 aliphatic heterocycles. The summed E-state index contributed by atoms with van der Waals surface area (Å²) in [6.07, 6.45) is -2.30. The fraction of sp³-hybridized carbons (Fsp3) is 0.200. The van der Waals surface area contributed by atoms with Crippen molar-refractivity contribution >= 4 is 16.7 Å². The zero-order valence-corrected chi connectivity index (χ0v) is 14.0. The Morgan fingerprint density at radius 1 is 1.04 bits per heavy atom. The Labute approximate surface area is 149 Å². The fourth-order valence-corrected chi connectivity index (χ4v) is 2.45. The van der Waals surface area contributed by atoms with Crippen molar-refractivity contribution in [2.75, 3.05) is 5.32 Å². The number of fused-ring (bicyclic) bond motifs is 1. The van der Waals surface area contributed by atoms with Gasteiger partial charge in [-0.1, -0.05) is 24.0 Å². The van der Waals surface area contributed by atoms with Crippen LogP contribution < -0.4 is 5.32 Å². The molecule has 1 N–H and O–H groups in total. The van der Waals surface area contributed by atoms with Gasteiger partial charge in [0.15, 0.2) is 0 Å². The highest BCUT2D eigenvalue weighted by atomic mass is 19.4. The van der Waals surface area contributed by atoms with Crippen LogP contribution in [0, 0.1) is 11.8 Å². The van der Waals surface area contributed by atoms with Crippen LogP contribution in [0.15, 0.2) is 54.9 Å². The van der Waals surface area contributed by atoms with Gasteiger partial charge in [-0.15, -0.1) is 0 Å². The number of alkyl halides is 3. The SMILES string of the molecule is CC(CC#Cc1ccc(C(F)(F)F)cc1)Nc1ncnc2ccccc12. The second-order valence-electron chi connectivity index (χ2n) is 5.87. The van der Waals surface area contributed by atoms with E-state index in [0.29, 0.717) is 12.0 Å². The number of halogens is 3. The van der Waals surface area contributed by atoms with E-state index < -0.39 is 11.7 Å². The summed E-state index contributed by atoms with van der Waals surface area (Å²) < 4.78 is 37.6. The topological polar surface area (TPSA) is 37.8 Å². The highest BCUT2D eigenvalue weighted by Crippen LogP contribution is 2.29. The molecule has 1 unspecified atom stereocenters. The molecule has 0 spiro atoms. The first kappa shape index (κ1) is 17.7. The lowest BCUT2D eigenvalue weighted by molar-refractivity contribution is -0.137. The maximum absolute atomic E-state index is 12.5. The predicted molar refractivity (Wildman–Crippen MR) is 95.6 cm³/mol. The third kappa shape index (κ3) is 4.31. The highest BCUT2D eigenvalue weighted by Gasteiger charge is 2.29. The van der Waals surface area contributed by atoms with Gasteiger partial charge in [-0.05, 0) is 43.3 Å². The van der Waals surface area contributed by atoms with Crippen molar-refractivity contribution in [2.24, 2.45) is 0 Å². The number of nitrogens with one attached hydrogen (secondary N) is 1. The maximum atomic E-state index is 12.5. The van der Waals surface area contributed by atoms with Crippen molar-refractivity contribution in [2.45, 2.75) is 25.6 Å². The number of para-hydroxylation sites is 1. The number of hydrogen-bond donors (Lipinski definition) is 1. The Morgan fingerprint density at radius 2 is 1.77 bits per heavy atom. The van der Waals surface area contributed by atoms with Crippen LogP contribution in [-0.2, 0) is 6.18 Å². The monoisotopic (exact) mass is 355 g/mol.